The molecule has 0 spiro atoms. The number of likely N-dealkylation sites (tertiary alicyclic amines) is 1. The first kappa shape index (κ1) is 18.0. The summed E-state index contributed by atoms with van der Waals surface area (Å²) in [5, 5.41) is 4.66. The third-order valence-electron chi connectivity index (χ3n) is 4.74. The molecule has 0 amide bonds. The molecule has 126 valence electrons. The molecule has 1 aliphatic heterocycles. The highest BCUT2D eigenvalue weighted by molar-refractivity contribution is 5.85. The Labute approximate surface area is 145 Å². The zero-order valence-corrected chi connectivity index (χ0v) is 15.0. The first-order valence-electron chi connectivity index (χ1n) is 8.01. The fourth-order valence-electron chi connectivity index (χ4n) is 3.35. The summed E-state index contributed by atoms with van der Waals surface area (Å²) < 4.78 is 1.92. The van der Waals surface area contributed by atoms with Gasteiger partial charge in [0, 0.05) is 50.0 Å². The first-order valence-corrected chi connectivity index (χ1v) is 8.01. The Balaban J connectivity index is 0.00000192. The number of hydrogen-bond donors (Lipinski definition) is 1. The van der Waals surface area contributed by atoms with Crippen LogP contribution in [-0.4, -0.2) is 33.8 Å². The average molecular weight is 335 g/mol. The van der Waals surface area contributed by atoms with Gasteiger partial charge in [-0.25, -0.2) is 0 Å². The summed E-state index contributed by atoms with van der Waals surface area (Å²) in [7, 11) is 1.99. The second-order valence-electron chi connectivity index (χ2n) is 7.14. The van der Waals surface area contributed by atoms with Crippen molar-refractivity contribution in [1.82, 2.24) is 14.7 Å². The molecule has 2 heterocycles. The van der Waals surface area contributed by atoms with Crippen molar-refractivity contribution >= 4 is 12.4 Å². The van der Waals surface area contributed by atoms with Gasteiger partial charge in [-0.2, -0.15) is 5.10 Å². The molecule has 1 aliphatic rings. The minimum atomic E-state index is 0. The van der Waals surface area contributed by atoms with Crippen molar-refractivity contribution in [2.45, 2.75) is 32.9 Å². The van der Waals surface area contributed by atoms with Crippen molar-refractivity contribution in [3.8, 4) is 11.3 Å². The smallest absolute Gasteiger partial charge is 0.0968 e. The topological polar surface area (TPSA) is 47.1 Å². The molecule has 1 aromatic heterocycles. The van der Waals surface area contributed by atoms with Crippen LogP contribution >= 0.6 is 12.4 Å². The van der Waals surface area contributed by atoms with E-state index in [9.17, 15) is 0 Å². The lowest BCUT2D eigenvalue weighted by Crippen LogP contribution is -2.52. The number of aromatic nitrogens is 2. The molecule has 1 fully saturated rings. The Morgan fingerprint density at radius 3 is 2.61 bits per heavy atom. The molecule has 4 nitrogen and oxygen atoms in total. The lowest BCUT2D eigenvalue weighted by Gasteiger charge is -2.42. The van der Waals surface area contributed by atoms with E-state index < -0.39 is 0 Å². The van der Waals surface area contributed by atoms with Crippen molar-refractivity contribution in [2.75, 3.05) is 13.1 Å². The molecule has 3 rings (SSSR count). The van der Waals surface area contributed by atoms with Crippen LogP contribution in [0.1, 0.15) is 25.8 Å². The summed E-state index contributed by atoms with van der Waals surface area (Å²) in [5.74, 6) is 0. The van der Waals surface area contributed by atoms with Gasteiger partial charge in [0.15, 0.2) is 0 Å². The van der Waals surface area contributed by atoms with Gasteiger partial charge in [0.1, 0.15) is 0 Å². The Morgan fingerprint density at radius 1 is 1.26 bits per heavy atom. The lowest BCUT2D eigenvalue weighted by atomic mass is 9.79. The number of hydrogen-bond acceptors (Lipinski definition) is 3. The molecule has 0 radical (unpaired) electrons. The summed E-state index contributed by atoms with van der Waals surface area (Å²) in [5.41, 5.74) is 10.00. The van der Waals surface area contributed by atoms with Crippen LogP contribution in [0.5, 0.6) is 0 Å². The van der Waals surface area contributed by atoms with Gasteiger partial charge in [0.05, 0.1) is 5.69 Å². The molecule has 1 aromatic carbocycles. The predicted octanol–water partition coefficient (Wildman–Crippen LogP) is 3.07. The Morgan fingerprint density at radius 2 is 1.96 bits per heavy atom. The summed E-state index contributed by atoms with van der Waals surface area (Å²) >= 11 is 0. The molecule has 2 N–H and O–H groups in total. The van der Waals surface area contributed by atoms with E-state index >= 15 is 0 Å². The maximum absolute atomic E-state index is 6.25. The van der Waals surface area contributed by atoms with Gasteiger partial charge >= 0.3 is 0 Å². The highest BCUT2D eigenvalue weighted by atomic mass is 35.5. The standard InChI is InChI=1S/C18H26N4.ClH/c1-18(2)13-22(10-9-16(18)19)12-15-11-21(3)20-17(15)14-7-5-4-6-8-14;/h4-8,11,16H,9-10,12-13,19H2,1-3H3;1H. The second-order valence-corrected chi connectivity index (χ2v) is 7.14. The third-order valence-corrected chi connectivity index (χ3v) is 4.74. The number of halogens is 1. The summed E-state index contributed by atoms with van der Waals surface area (Å²) in [6, 6.07) is 10.7. The molecule has 0 saturated carbocycles. The molecule has 1 unspecified atom stereocenters. The predicted molar refractivity (Wildman–Crippen MR) is 97.5 cm³/mol. The monoisotopic (exact) mass is 334 g/mol. The zero-order chi connectivity index (χ0) is 15.7. The van der Waals surface area contributed by atoms with Crippen molar-refractivity contribution in [1.29, 1.82) is 0 Å². The number of benzene rings is 1. The highest BCUT2D eigenvalue weighted by Crippen LogP contribution is 2.30. The van der Waals surface area contributed by atoms with E-state index in [0.29, 0.717) is 6.04 Å². The fourth-order valence-corrected chi connectivity index (χ4v) is 3.35. The van der Waals surface area contributed by atoms with Crippen molar-refractivity contribution in [2.24, 2.45) is 18.2 Å². The van der Waals surface area contributed by atoms with Crippen molar-refractivity contribution in [3.63, 3.8) is 0 Å². The first-order chi connectivity index (χ1) is 10.5. The minimum Gasteiger partial charge on any atom is -0.327 e. The van der Waals surface area contributed by atoms with Crippen LogP contribution in [0.4, 0.5) is 0 Å². The largest absolute Gasteiger partial charge is 0.327 e. The van der Waals surface area contributed by atoms with E-state index in [-0.39, 0.29) is 17.8 Å². The molecule has 2 aromatic rings. The molecule has 1 saturated heterocycles. The van der Waals surface area contributed by atoms with Crippen LogP contribution in [0.3, 0.4) is 0 Å². The van der Waals surface area contributed by atoms with Crippen molar-refractivity contribution in [3.05, 3.63) is 42.1 Å². The van der Waals surface area contributed by atoms with E-state index in [2.05, 4.69) is 54.3 Å². The van der Waals surface area contributed by atoms with Crippen LogP contribution in [0.15, 0.2) is 36.5 Å². The molecule has 1 atom stereocenters. The quantitative estimate of drug-likeness (QED) is 0.938. The van der Waals surface area contributed by atoms with Gasteiger partial charge in [0.2, 0.25) is 0 Å². The molecule has 5 heteroatoms. The number of rotatable bonds is 3. The normalized spacial score (nSPS) is 21.0. The van der Waals surface area contributed by atoms with E-state index in [4.69, 9.17) is 5.73 Å². The SMILES string of the molecule is Cl.Cn1cc(CN2CCC(N)C(C)(C)C2)c(-c2ccccc2)n1. The molecule has 0 aliphatic carbocycles. The number of piperidine rings is 1. The van der Waals surface area contributed by atoms with Gasteiger partial charge < -0.3 is 5.73 Å². The van der Waals surface area contributed by atoms with Gasteiger partial charge in [-0.1, -0.05) is 44.2 Å². The maximum Gasteiger partial charge on any atom is 0.0968 e. The van der Waals surface area contributed by atoms with Crippen LogP contribution in [-0.2, 0) is 13.6 Å². The van der Waals surface area contributed by atoms with Crippen LogP contribution in [0.2, 0.25) is 0 Å². The average Bonchev–Trinajstić information content (AvgIpc) is 2.84. The molecular formula is C18H27ClN4. The fraction of sp³-hybridized carbons (Fsp3) is 0.500. The Hall–Kier alpha value is -1.36. The number of nitrogens with two attached hydrogens (primary N) is 1. The van der Waals surface area contributed by atoms with E-state index in [1.165, 1.54) is 11.1 Å². The zero-order valence-electron chi connectivity index (χ0n) is 14.2. The van der Waals surface area contributed by atoms with Crippen molar-refractivity contribution < 1.29 is 0 Å². The lowest BCUT2D eigenvalue weighted by molar-refractivity contribution is 0.0900. The Kier molecular flexibility index (Phi) is 5.50. The van der Waals surface area contributed by atoms with Crippen LogP contribution in [0.25, 0.3) is 11.3 Å². The van der Waals surface area contributed by atoms with Gasteiger partial charge in [-0.05, 0) is 11.8 Å². The molecule has 23 heavy (non-hydrogen) atoms. The maximum atomic E-state index is 6.25. The summed E-state index contributed by atoms with van der Waals surface area (Å²) in [6.45, 7) is 7.58. The highest BCUT2D eigenvalue weighted by Gasteiger charge is 2.33. The van der Waals surface area contributed by atoms with Gasteiger partial charge in [-0.3, -0.25) is 9.58 Å². The molecule has 0 bridgehead atoms. The van der Waals surface area contributed by atoms with Gasteiger partial charge in [0.25, 0.3) is 0 Å². The summed E-state index contributed by atoms with van der Waals surface area (Å²) in [4.78, 5) is 2.51. The van der Waals surface area contributed by atoms with Gasteiger partial charge in [-0.15, -0.1) is 12.4 Å². The van der Waals surface area contributed by atoms with E-state index in [1.807, 2.05) is 17.8 Å². The third kappa shape index (κ3) is 3.94. The molecular weight excluding hydrogens is 308 g/mol. The minimum absolute atomic E-state index is 0. The summed E-state index contributed by atoms with van der Waals surface area (Å²) in [6.07, 6.45) is 3.21. The van der Waals surface area contributed by atoms with E-state index in [1.54, 1.807) is 0 Å². The number of nitrogens with zero attached hydrogens (tertiary/aromatic N) is 3. The van der Waals surface area contributed by atoms with E-state index in [0.717, 1.165) is 31.7 Å². The second kappa shape index (κ2) is 7.04. The van der Waals surface area contributed by atoms with Crippen LogP contribution < -0.4 is 5.73 Å². The van der Waals surface area contributed by atoms with Crippen LogP contribution in [0, 0.1) is 5.41 Å². The number of aryl methyl sites for hydroxylation is 1. The Bertz CT molecular complexity index is 636.